The molecule has 0 amide bonds. The highest BCUT2D eigenvalue weighted by Crippen LogP contribution is 2.19. The normalized spacial score (nSPS) is 15.8. The Balaban J connectivity index is 1.52. The predicted molar refractivity (Wildman–Crippen MR) is 110 cm³/mol. The van der Waals surface area contributed by atoms with Gasteiger partial charge in [-0.2, -0.15) is 8.42 Å². The van der Waals surface area contributed by atoms with E-state index in [9.17, 15) is 8.42 Å². The predicted octanol–water partition coefficient (Wildman–Crippen LogP) is 2.44. The van der Waals surface area contributed by atoms with Gasteiger partial charge in [-0.1, -0.05) is 32.0 Å². The molecular weight excluding hydrogens is 376 g/mol. The van der Waals surface area contributed by atoms with Crippen molar-refractivity contribution in [1.29, 1.82) is 0 Å². The lowest BCUT2D eigenvalue weighted by Gasteiger charge is -2.35. The number of aryl methyl sites for hydroxylation is 1. The second kappa shape index (κ2) is 8.87. The third-order valence-corrected chi connectivity index (χ3v) is 5.82. The van der Waals surface area contributed by atoms with Gasteiger partial charge in [0.05, 0.1) is 5.75 Å². The second-order valence-electron chi connectivity index (χ2n) is 7.37. The van der Waals surface area contributed by atoms with Gasteiger partial charge >= 0.3 is 10.1 Å². The molecule has 3 rings (SSSR count). The standard InChI is InChI=1S/C20H28N4O3S/c1-16(2)20-21-17(3)15-19(22-20)24-11-9-23(10-12-24)13-14-28(25,26)27-18-7-5-4-6-8-18/h4-8,15-16H,9-14H2,1-3H3. The van der Waals surface area contributed by atoms with Gasteiger partial charge in [0.15, 0.2) is 0 Å². The van der Waals surface area contributed by atoms with Gasteiger partial charge in [-0.15, -0.1) is 0 Å². The molecule has 0 N–H and O–H groups in total. The zero-order valence-corrected chi connectivity index (χ0v) is 17.5. The first kappa shape index (κ1) is 20.5. The van der Waals surface area contributed by atoms with Crippen LogP contribution in [0.25, 0.3) is 0 Å². The van der Waals surface area contributed by atoms with E-state index in [2.05, 4.69) is 28.6 Å². The average Bonchev–Trinajstić information content (AvgIpc) is 2.67. The summed E-state index contributed by atoms with van der Waals surface area (Å²) in [5.74, 6) is 2.44. The Morgan fingerprint density at radius 2 is 1.75 bits per heavy atom. The molecule has 1 aliphatic rings. The van der Waals surface area contributed by atoms with Crippen molar-refractivity contribution in [3.05, 3.63) is 47.9 Å². The quantitative estimate of drug-likeness (QED) is 0.656. The molecule has 1 aromatic carbocycles. The first-order valence-corrected chi connectivity index (χ1v) is 11.2. The molecule has 2 heterocycles. The minimum atomic E-state index is -3.60. The maximum absolute atomic E-state index is 12.2. The van der Waals surface area contributed by atoms with Crippen molar-refractivity contribution in [3.63, 3.8) is 0 Å². The van der Waals surface area contributed by atoms with Crippen LogP contribution in [0, 0.1) is 6.92 Å². The Kier molecular flexibility index (Phi) is 6.51. The van der Waals surface area contributed by atoms with Gasteiger partial charge in [-0.3, -0.25) is 4.90 Å². The molecule has 2 aromatic rings. The Bertz CT molecular complexity index is 880. The van der Waals surface area contributed by atoms with Crippen molar-refractivity contribution >= 4 is 15.9 Å². The fraction of sp³-hybridized carbons (Fsp3) is 0.500. The van der Waals surface area contributed by atoms with Crippen molar-refractivity contribution in [1.82, 2.24) is 14.9 Å². The van der Waals surface area contributed by atoms with E-state index in [1.165, 1.54) is 0 Å². The minimum Gasteiger partial charge on any atom is -0.382 e. The molecule has 0 bridgehead atoms. The largest absolute Gasteiger partial charge is 0.382 e. The van der Waals surface area contributed by atoms with E-state index in [0.29, 0.717) is 12.3 Å². The van der Waals surface area contributed by atoms with Crippen LogP contribution in [0.5, 0.6) is 5.75 Å². The molecule has 28 heavy (non-hydrogen) atoms. The van der Waals surface area contributed by atoms with Gasteiger partial charge in [0.2, 0.25) is 0 Å². The lowest BCUT2D eigenvalue weighted by molar-refractivity contribution is 0.269. The van der Waals surface area contributed by atoms with E-state index in [1.54, 1.807) is 24.3 Å². The van der Waals surface area contributed by atoms with Crippen LogP contribution in [0.2, 0.25) is 0 Å². The summed E-state index contributed by atoms with van der Waals surface area (Å²) in [5, 5.41) is 0. The third kappa shape index (κ3) is 5.65. The monoisotopic (exact) mass is 404 g/mol. The fourth-order valence-electron chi connectivity index (χ4n) is 3.10. The van der Waals surface area contributed by atoms with E-state index >= 15 is 0 Å². The smallest absolute Gasteiger partial charge is 0.310 e. The van der Waals surface area contributed by atoms with Crippen molar-refractivity contribution < 1.29 is 12.6 Å². The third-order valence-electron chi connectivity index (χ3n) is 4.69. The molecule has 8 heteroatoms. The molecule has 1 aliphatic heterocycles. The fourth-order valence-corrected chi connectivity index (χ4v) is 4.07. The van der Waals surface area contributed by atoms with Crippen molar-refractivity contribution in [2.24, 2.45) is 0 Å². The lowest BCUT2D eigenvalue weighted by atomic mass is 10.2. The van der Waals surface area contributed by atoms with Crippen LogP contribution in [0.15, 0.2) is 36.4 Å². The summed E-state index contributed by atoms with van der Waals surface area (Å²) >= 11 is 0. The first-order valence-electron chi connectivity index (χ1n) is 9.62. The molecule has 0 unspecified atom stereocenters. The number of hydrogen-bond acceptors (Lipinski definition) is 7. The highest BCUT2D eigenvalue weighted by Gasteiger charge is 2.22. The summed E-state index contributed by atoms with van der Waals surface area (Å²) in [7, 11) is -3.60. The SMILES string of the molecule is Cc1cc(N2CCN(CCS(=O)(=O)Oc3ccccc3)CC2)nc(C(C)C)n1. The number of para-hydroxylation sites is 1. The number of aromatic nitrogens is 2. The van der Waals surface area contributed by atoms with E-state index in [4.69, 9.17) is 9.17 Å². The molecule has 0 aliphatic carbocycles. The summed E-state index contributed by atoms with van der Waals surface area (Å²) in [4.78, 5) is 13.6. The summed E-state index contributed by atoms with van der Waals surface area (Å²) in [5.41, 5.74) is 0.972. The Labute approximate surface area is 167 Å². The molecule has 152 valence electrons. The number of hydrogen-bond donors (Lipinski definition) is 0. The van der Waals surface area contributed by atoms with Crippen LogP contribution in [0.3, 0.4) is 0 Å². The zero-order valence-electron chi connectivity index (χ0n) is 16.7. The topological polar surface area (TPSA) is 75.6 Å². The van der Waals surface area contributed by atoms with Gasteiger partial charge in [0.1, 0.15) is 17.4 Å². The molecule has 1 fully saturated rings. The molecule has 0 saturated carbocycles. The first-order chi connectivity index (χ1) is 13.3. The van der Waals surface area contributed by atoms with Crippen LogP contribution < -0.4 is 9.08 Å². The lowest BCUT2D eigenvalue weighted by Crippen LogP contribution is -2.48. The Hall–Kier alpha value is -2.19. The molecular formula is C20H28N4O3S. The molecule has 0 spiro atoms. The van der Waals surface area contributed by atoms with Crippen molar-refractivity contribution in [2.75, 3.05) is 43.4 Å². The van der Waals surface area contributed by atoms with E-state index in [-0.39, 0.29) is 11.7 Å². The summed E-state index contributed by atoms with van der Waals surface area (Å²) in [6, 6.07) is 10.6. The maximum atomic E-state index is 12.2. The van der Waals surface area contributed by atoms with E-state index in [0.717, 1.165) is 43.5 Å². The number of anilines is 1. The van der Waals surface area contributed by atoms with Crippen LogP contribution in [-0.2, 0) is 10.1 Å². The number of benzene rings is 1. The van der Waals surface area contributed by atoms with Crippen LogP contribution in [0.1, 0.15) is 31.3 Å². The number of rotatable bonds is 7. The van der Waals surface area contributed by atoms with Gasteiger partial charge in [0.25, 0.3) is 0 Å². The molecule has 0 radical (unpaired) electrons. The minimum absolute atomic E-state index is 0.0218. The molecule has 0 atom stereocenters. The highest BCUT2D eigenvalue weighted by atomic mass is 32.2. The van der Waals surface area contributed by atoms with Gasteiger partial charge < -0.3 is 9.08 Å². The van der Waals surface area contributed by atoms with Crippen LogP contribution in [0.4, 0.5) is 5.82 Å². The zero-order chi connectivity index (χ0) is 20.1. The van der Waals surface area contributed by atoms with E-state index in [1.807, 2.05) is 19.1 Å². The van der Waals surface area contributed by atoms with Gasteiger partial charge in [-0.05, 0) is 19.1 Å². The second-order valence-corrected chi connectivity index (χ2v) is 9.06. The molecule has 1 saturated heterocycles. The van der Waals surface area contributed by atoms with Crippen LogP contribution in [-0.4, -0.2) is 61.8 Å². The Morgan fingerprint density at radius 1 is 1.07 bits per heavy atom. The Morgan fingerprint density at radius 3 is 2.39 bits per heavy atom. The number of nitrogens with zero attached hydrogens (tertiary/aromatic N) is 4. The molecule has 7 nitrogen and oxygen atoms in total. The summed E-state index contributed by atoms with van der Waals surface area (Å²) in [6.07, 6.45) is 0. The van der Waals surface area contributed by atoms with Crippen molar-refractivity contribution in [2.45, 2.75) is 26.7 Å². The number of piperazine rings is 1. The van der Waals surface area contributed by atoms with Gasteiger partial charge in [0, 0.05) is 50.4 Å². The highest BCUT2D eigenvalue weighted by molar-refractivity contribution is 7.87. The van der Waals surface area contributed by atoms with E-state index < -0.39 is 10.1 Å². The summed E-state index contributed by atoms with van der Waals surface area (Å²) < 4.78 is 29.5. The van der Waals surface area contributed by atoms with Crippen molar-refractivity contribution in [3.8, 4) is 5.75 Å². The van der Waals surface area contributed by atoms with Crippen LogP contribution >= 0.6 is 0 Å². The van der Waals surface area contributed by atoms with Gasteiger partial charge in [-0.25, -0.2) is 9.97 Å². The summed E-state index contributed by atoms with van der Waals surface area (Å²) in [6.45, 7) is 9.85. The molecule has 1 aromatic heterocycles. The maximum Gasteiger partial charge on any atom is 0.310 e. The average molecular weight is 405 g/mol.